The molecule has 1 aromatic carbocycles. The highest BCUT2D eigenvalue weighted by Crippen LogP contribution is 2.71. The lowest BCUT2D eigenvalue weighted by molar-refractivity contribution is -0.168. The minimum absolute atomic E-state index is 0.0789. The van der Waals surface area contributed by atoms with Gasteiger partial charge in [-0.25, -0.2) is 4.39 Å². The molecule has 2 bridgehead atoms. The maximum absolute atomic E-state index is 14.0. The number of rotatable bonds is 2. The van der Waals surface area contributed by atoms with Crippen molar-refractivity contribution < 1.29 is 4.39 Å². The van der Waals surface area contributed by atoms with Crippen LogP contribution in [0.3, 0.4) is 0 Å². The molecule has 21 heavy (non-hydrogen) atoms. The zero-order valence-corrected chi connectivity index (χ0v) is 12.2. The molecule has 0 unspecified atom stereocenters. The fourth-order valence-corrected chi connectivity index (χ4v) is 5.05. The number of hydrogen-bond donors (Lipinski definition) is 1. The summed E-state index contributed by atoms with van der Waals surface area (Å²) in [6, 6.07) is 9.07. The lowest BCUT2D eigenvalue weighted by atomic mass is 9.40. The molecule has 0 amide bonds. The Hall–Kier alpha value is -1.22. The van der Waals surface area contributed by atoms with Crippen molar-refractivity contribution in [2.75, 3.05) is 13.1 Å². The monoisotopic (exact) mass is 284 g/mol. The highest BCUT2D eigenvalue weighted by Gasteiger charge is 2.71. The molecule has 2 nitrogen and oxygen atoms in total. The molecule has 1 saturated heterocycles. The largest absolute Gasteiger partial charge is 0.316 e. The number of alkyl halides is 1. The third-order valence-corrected chi connectivity index (χ3v) is 6.11. The molecule has 0 spiro atoms. The van der Waals surface area contributed by atoms with E-state index in [4.69, 9.17) is 4.99 Å². The first kappa shape index (κ1) is 12.3. The van der Waals surface area contributed by atoms with E-state index in [0.29, 0.717) is 31.2 Å². The average Bonchev–Trinajstić information content (AvgIpc) is 2.96. The first-order chi connectivity index (χ1) is 10.2. The normalized spacial score (nSPS) is 43.6. The van der Waals surface area contributed by atoms with Crippen molar-refractivity contribution in [2.45, 2.75) is 43.8 Å². The van der Waals surface area contributed by atoms with Gasteiger partial charge in [0.05, 0.1) is 6.04 Å². The maximum atomic E-state index is 14.0. The van der Waals surface area contributed by atoms with Crippen LogP contribution < -0.4 is 5.32 Å². The Morgan fingerprint density at radius 2 is 2.00 bits per heavy atom. The summed E-state index contributed by atoms with van der Waals surface area (Å²) in [7, 11) is 0. The summed E-state index contributed by atoms with van der Waals surface area (Å²) < 4.78 is 14.0. The topological polar surface area (TPSA) is 24.4 Å². The highest BCUT2D eigenvalue weighted by atomic mass is 19.1. The summed E-state index contributed by atoms with van der Waals surface area (Å²) in [5, 5.41) is 3.46. The van der Waals surface area contributed by atoms with E-state index in [1.54, 1.807) is 0 Å². The summed E-state index contributed by atoms with van der Waals surface area (Å²) >= 11 is 0. The van der Waals surface area contributed by atoms with E-state index in [1.807, 2.05) is 0 Å². The molecule has 3 heteroatoms. The van der Waals surface area contributed by atoms with Crippen molar-refractivity contribution in [3.05, 3.63) is 35.4 Å². The third-order valence-electron chi connectivity index (χ3n) is 6.11. The fourth-order valence-electron chi connectivity index (χ4n) is 5.05. The molecule has 3 aliphatic carbocycles. The van der Waals surface area contributed by atoms with Crippen molar-refractivity contribution in [1.82, 2.24) is 5.32 Å². The molecule has 1 N–H and O–H groups in total. The smallest absolute Gasteiger partial charge is 0.113 e. The van der Waals surface area contributed by atoms with Crippen molar-refractivity contribution in [2.24, 2.45) is 16.3 Å². The predicted octanol–water partition coefficient (Wildman–Crippen LogP) is 2.90. The van der Waals surface area contributed by atoms with Gasteiger partial charge in [-0.05, 0) is 55.7 Å². The van der Waals surface area contributed by atoms with Gasteiger partial charge in [0.15, 0.2) is 0 Å². The first-order valence-electron chi connectivity index (χ1n) is 8.24. The van der Waals surface area contributed by atoms with Gasteiger partial charge in [0.25, 0.3) is 0 Å². The molecule has 2 aliphatic heterocycles. The van der Waals surface area contributed by atoms with Crippen LogP contribution in [0.25, 0.3) is 0 Å². The van der Waals surface area contributed by atoms with E-state index in [2.05, 4.69) is 29.6 Å². The van der Waals surface area contributed by atoms with Crippen LogP contribution >= 0.6 is 0 Å². The molecular weight excluding hydrogens is 263 g/mol. The molecular formula is C18H21FN2. The second-order valence-corrected chi connectivity index (χ2v) is 7.62. The average molecular weight is 284 g/mol. The number of hydrogen-bond acceptors (Lipinski definition) is 2. The van der Waals surface area contributed by atoms with Crippen LogP contribution in [0.4, 0.5) is 4.39 Å². The van der Waals surface area contributed by atoms with Gasteiger partial charge in [-0.1, -0.05) is 24.3 Å². The summed E-state index contributed by atoms with van der Waals surface area (Å²) in [6.45, 7) is 2.20. The highest BCUT2D eigenvalue weighted by molar-refractivity contribution is 6.08. The molecule has 5 aliphatic rings. The van der Waals surface area contributed by atoms with E-state index in [-0.39, 0.29) is 5.41 Å². The Balaban J connectivity index is 1.55. The zero-order chi connectivity index (χ0) is 14.1. The molecule has 2 heterocycles. The standard InChI is InChI=1S/C18H21FN2/c19-18-9-17(10-18,11-18)16-14-4-2-1-3-12(14)7-15(21-16)13-5-6-20-8-13/h1-4,13,15,20H,5-11H2/t13-,15+,17?,18?/m1/s1. The van der Waals surface area contributed by atoms with Gasteiger partial charge in [-0.15, -0.1) is 0 Å². The van der Waals surface area contributed by atoms with Gasteiger partial charge in [0.1, 0.15) is 5.67 Å². The van der Waals surface area contributed by atoms with Gasteiger partial charge in [0, 0.05) is 17.7 Å². The lowest BCUT2D eigenvalue weighted by Crippen LogP contribution is -2.68. The molecule has 2 atom stereocenters. The Labute approximate surface area is 124 Å². The van der Waals surface area contributed by atoms with Crippen molar-refractivity contribution in [3.63, 3.8) is 0 Å². The van der Waals surface area contributed by atoms with Crippen molar-refractivity contribution in [1.29, 1.82) is 0 Å². The molecule has 6 rings (SSSR count). The number of aliphatic imine (C=N–C) groups is 1. The van der Waals surface area contributed by atoms with E-state index in [9.17, 15) is 4.39 Å². The lowest BCUT2D eigenvalue weighted by Gasteiger charge is -2.66. The summed E-state index contributed by atoms with van der Waals surface area (Å²) in [5.41, 5.74) is 3.20. The summed E-state index contributed by atoms with van der Waals surface area (Å²) in [5.74, 6) is 0.653. The van der Waals surface area contributed by atoms with Crippen LogP contribution in [0.5, 0.6) is 0 Å². The summed E-state index contributed by atoms with van der Waals surface area (Å²) in [4.78, 5) is 5.18. The van der Waals surface area contributed by atoms with Crippen LogP contribution in [-0.4, -0.2) is 30.5 Å². The number of nitrogens with one attached hydrogen (secondary N) is 1. The van der Waals surface area contributed by atoms with Crippen molar-refractivity contribution in [3.8, 4) is 0 Å². The Morgan fingerprint density at radius 3 is 2.71 bits per heavy atom. The van der Waals surface area contributed by atoms with E-state index >= 15 is 0 Å². The van der Waals surface area contributed by atoms with E-state index < -0.39 is 5.67 Å². The SMILES string of the molecule is FC12CC(C3=N[C@H]([C@@H]4CCNC4)Cc4ccccc43)(C1)C2. The van der Waals surface area contributed by atoms with Crippen LogP contribution in [0.15, 0.2) is 29.3 Å². The van der Waals surface area contributed by atoms with Gasteiger partial charge in [0.2, 0.25) is 0 Å². The number of benzene rings is 1. The first-order valence-corrected chi connectivity index (χ1v) is 8.24. The van der Waals surface area contributed by atoms with E-state index in [0.717, 1.165) is 19.5 Å². The number of halogens is 1. The maximum Gasteiger partial charge on any atom is 0.113 e. The molecule has 4 fully saturated rings. The second kappa shape index (κ2) is 3.95. The minimum Gasteiger partial charge on any atom is -0.316 e. The van der Waals surface area contributed by atoms with Gasteiger partial charge in [-0.3, -0.25) is 4.99 Å². The third kappa shape index (κ3) is 1.64. The Kier molecular flexibility index (Phi) is 2.32. The van der Waals surface area contributed by atoms with Crippen LogP contribution in [-0.2, 0) is 6.42 Å². The molecule has 110 valence electrons. The van der Waals surface area contributed by atoms with Gasteiger partial charge < -0.3 is 5.32 Å². The van der Waals surface area contributed by atoms with Crippen LogP contribution in [0.2, 0.25) is 0 Å². The van der Waals surface area contributed by atoms with Gasteiger partial charge >= 0.3 is 0 Å². The molecule has 0 radical (unpaired) electrons. The summed E-state index contributed by atoms with van der Waals surface area (Å²) in [6.07, 6.45) is 4.42. The molecule has 0 aromatic heterocycles. The molecule has 1 aromatic rings. The quantitative estimate of drug-likeness (QED) is 0.887. The van der Waals surface area contributed by atoms with E-state index in [1.165, 1.54) is 23.3 Å². The van der Waals surface area contributed by atoms with Crippen LogP contribution in [0, 0.1) is 11.3 Å². The minimum atomic E-state index is -0.848. The van der Waals surface area contributed by atoms with Crippen molar-refractivity contribution >= 4 is 5.71 Å². The van der Waals surface area contributed by atoms with Gasteiger partial charge in [-0.2, -0.15) is 0 Å². The number of fused-ring (bicyclic) bond motifs is 1. The predicted molar refractivity (Wildman–Crippen MR) is 81.6 cm³/mol. The zero-order valence-electron chi connectivity index (χ0n) is 12.2. The molecule has 3 saturated carbocycles. The fraction of sp³-hybridized carbons (Fsp3) is 0.611. The Bertz CT molecular complexity index is 610. The second-order valence-electron chi connectivity index (χ2n) is 7.62. The Morgan fingerprint density at radius 1 is 1.19 bits per heavy atom. The van der Waals surface area contributed by atoms with Crippen LogP contribution in [0.1, 0.15) is 36.8 Å². The number of nitrogens with zero attached hydrogens (tertiary/aromatic N) is 1.